The Labute approximate surface area is 100 Å². The number of ether oxygens (including phenoxy) is 1. The van der Waals surface area contributed by atoms with E-state index < -0.39 is 0 Å². The van der Waals surface area contributed by atoms with Crippen molar-refractivity contribution in [3.8, 4) is 5.75 Å². The topological polar surface area (TPSA) is 52.8 Å². The van der Waals surface area contributed by atoms with E-state index in [-0.39, 0.29) is 0 Å². The van der Waals surface area contributed by atoms with Gasteiger partial charge in [-0.1, -0.05) is 32.0 Å². The first kappa shape index (κ1) is 11.6. The molecule has 0 bridgehead atoms. The first-order valence-electron chi connectivity index (χ1n) is 5.60. The van der Waals surface area contributed by atoms with E-state index in [0.29, 0.717) is 12.5 Å². The van der Waals surface area contributed by atoms with Crippen LogP contribution in [0.25, 0.3) is 0 Å². The maximum atomic E-state index is 5.31. The number of nitrogens with zero attached hydrogens (tertiary/aromatic N) is 4. The normalized spacial score (nSPS) is 10.8. The predicted molar refractivity (Wildman–Crippen MR) is 64.0 cm³/mol. The highest BCUT2D eigenvalue weighted by Crippen LogP contribution is 2.19. The van der Waals surface area contributed by atoms with Gasteiger partial charge in [0, 0.05) is 11.5 Å². The molecule has 0 amide bonds. The van der Waals surface area contributed by atoms with Crippen LogP contribution in [-0.4, -0.2) is 27.3 Å². The van der Waals surface area contributed by atoms with Crippen molar-refractivity contribution >= 4 is 0 Å². The Morgan fingerprint density at radius 2 is 2.06 bits per heavy atom. The Kier molecular flexibility index (Phi) is 3.37. The SMILES string of the molecule is COc1ccccc1Cn1nnnc1C(C)C. The molecule has 0 radical (unpaired) electrons. The number of methoxy groups -OCH3 is 1. The second-order valence-electron chi connectivity index (χ2n) is 4.16. The summed E-state index contributed by atoms with van der Waals surface area (Å²) < 4.78 is 7.12. The molecule has 0 spiro atoms. The molecule has 2 aromatic rings. The highest BCUT2D eigenvalue weighted by molar-refractivity contribution is 5.33. The molecule has 1 heterocycles. The average Bonchev–Trinajstić information content (AvgIpc) is 2.78. The van der Waals surface area contributed by atoms with Crippen LogP contribution in [0.3, 0.4) is 0 Å². The largest absolute Gasteiger partial charge is 0.496 e. The van der Waals surface area contributed by atoms with Gasteiger partial charge in [-0.05, 0) is 16.5 Å². The van der Waals surface area contributed by atoms with E-state index in [9.17, 15) is 0 Å². The monoisotopic (exact) mass is 232 g/mol. The van der Waals surface area contributed by atoms with Crippen molar-refractivity contribution in [3.05, 3.63) is 35.7 Å². The number of aromatic nitrogens is 4. The lowest BCUT2D eigenvalue weighted by atomic mass is 10.2. The minimum Gasteiger partial charge on any atom is -0.496 e. The van der Waals surface area contributed by atoms with Crippen molar-refractivity contribution in [1.29, 1.82) is 0 Å². The maximum Gasteiger partial charge on any atom is 0.154 e. The van der Waals surface area contributed by atoms with Crippen molar-refractivity contribution in [2.45, 2.75) is 26.3 Å². The van der Waals surface area contributed by atoms with E-state index >= 15 is 0 Å². The average molecular weight is 232 g/mol. The summed E-state index contributed by atoms with van der Waals surface area (Å²) >= 11 is 0. The summed E-state index contributed by atoms with van der Waals surface area (Å²) in [5, 5.41) is 11.8. The van der Waals surface area contributed by atoms with Gasteiger partial charge in [0.1, 0.15) is 5.75 Å². The van der Waals surface area contributed by atoms with Crippen LogP contribution in [0.2, 0.25) is 0 Å². The zero-order chi connectivity index (χ0) is 12.3. The van der Waals surface area contributed by atoms with Crippen LogP contribution in [0.5, 0.6) is 5.75 Å². The summed E-state index contributed by atoms with van der Waals surface area (Å²) in [6, 6.07) is 7.89. The summed E-state index contributed by atoms with van der Waals surface area (Å²) in [5.41, 5.74) is 1.07. The Hall–Kier alpha value is -1.91. The molecule has 0 atom stereocenters. The Morgan fingerprint density at radius 1 is 1.29 bits per heavy atom. The number of rotatable bonds is 4. The van der Waals surface area contributed by atoms with Crippen molar-refractivity contribution < 1.29 is 4.74 Å². The summed E-state index contributed by atoms with van der Waals surface area (Å²) in [7, 11) is 1.67. The molecule has 2 rings (SSSR count). The highest BCUT2D eigenvalue weighted by atomic mass is 16.5. The number of hydrogen-bond donors (Lipinski definition) is 0. The molecule has 0 N–H and O–H groups in total. The summed E-state index contributed by atoms with van der Waals surface area (Å²) in [6.07, 6.45) is 0. The molecule has 0 aliphatic rings. The van der Waals surface area contributed by atoms with Crippen LogP contribution in [0.15, 0.2) is 24.3 Å². The number of benzene rings is 1. The van der Waals surface area contributed by atoms with Gasteiger partial charge in [-0.2, -0.15) is 0 Å². The second kappa shape index (κ2) is 4.95. The predicted octanol–water partition coefficient (Wildman–Crippen LogP) is 1.85. The maximum absolute atomic E-state index is 5.31. The van der Waals surface area contributed by atoms with Gasteiger partial charge in [-0.15, -0.1) is 5.10 Å². The molecule has 5 heteroatoms. The van der Waals surface area contributed by atoms with Gasteiger partial charge in [0.25, 0.3) is 0 Å². The van der Waals surface area contributed by atoms with Gasteiger partial charge in [-0.25, -0.2) is 4.68 Å². The zero-order valence-electron chi connectivity index (χ0n) is 10.3. The molecule has 5 nitrogen and oxygen atoms in total. The van der Waals surface area contributed by atoms with Crippen LogP contribution in [0, 0.1) is 0 Å². The van der Waals surface area contributed by atoms with E-state index in [1.165, 1.54) is 0 Å². The Morgan fingerprint density at radius 3 is 2.76 bits per heavy atom. The van der Waals surface area contributed by atoms with Crippen molar-refractivity contribution in [1.82, 2.24) is 20.2 Å². The van der Waals surface area contributed by atoms with E-state index in [4.69, 9.17) is 4.74 Å². The number of hydrogen-bond acceptors (Lipinski definition) is 4. The molecule has 0 saturated carbocycles. The highest BCUT2D eigenvalue weighted by Gasteiger charge is 2.11. The fourth-order valence-electron chi connectivity index (χ4n) is 1.73. The van der Waals surface area contributed by atoms with Crippen LogP contribution < -0.4 is 4.74 Å². The van der Waals surface area contributed by atoms with Crippen molar-refractivity contribution in [2.75, 3.05) is 7.11 Å². The summed E-state index contributed by atoms with van der Waals surface area (Å²) in [6.45, 7) is 4.78. The molecule has 1 aromatic heterocycles. The standard InChI is InChI=1S/C12H16N4O/c1-9(2)12-13-14-15-16(12)8-10-6-4-5-7-11(10)17-3/h4-7,9H,8H2,1-3H3. The van der Waals surface area contributed by atoms with Crippen LogP contribution in [-0.2, 0) is 6.54 Å². The fraction of sp³-hybridized carbons (Fsp3) is 0.417. The minimum absolute atomic E-state index is 0.305. The zero-order valence-corrected chi connectivity index (χ0v) is 10.3. The molecule has 0 saturated heterocycles. The number of para-hydroxylation sites is 1. The van der Waals surface area contributed by atoms with Crippen LogP contribution in [0.4, 0.5) is 0 Å². The third kappa shape index (κ3) is 2.43. The lowest BCUT2D eigenvalue weighted by Crippen LogP contribution is -2.09. The molecule has 90 valence electrons. The summed E-state index contributed by atoms with van der Waals surface area (Å²) in [4.78, 5) is 0. The minimum atomic E-state index is 0.305. The molecular formula is C12H16N4O. The van der Waals surface area contributed by atoms with E-state index in [1.807, 2.05) is 28.9 Å². The molecule has 0 aliphatic heterocycles. The van der Waals surface area contributed by atoms with Gasteiger partial charge < -0.3 is 4.74 Å². The molecule has 17 heavy (non-hydrogen) atoms. The van der Waals surface area contributed by atoms with Crippen LogP contribution >= 0.6 is 0 Å². The molecule has 0 fully saturated rings. The molecular weight excluding hydrogens is 216 g/mol. The van der Waals surface area contributed by atoms with E-state index in [1.54, 1.807) is 7.11 Å². The van der Waals surface area contributed by atoms with Gasteiger partial charge >= 0.3 is 0 Å². The number of tetrazole rings is 1. The van der Waals surface area contributed by atoms with Crippen molar-refractivity contribution in [2.24, 2.45) is 0 Å². The van der Waals surface area contributed by atoms with Crippen molar-refractivity contribution in [3.63, 3.8) is 0 Å². The third-order valence-electron chi connectivity index (χ3n) is 2.59. The van der Waals surface area contributed by atoms with Gasteiger partial charge in [0.15, 0.2) is 5.82 Å². The van der Waals surface area contributed by atoms with E-state index in [0.717, 1.165) is 17.1 Å². The van der Waals surface area contributed by atoms with Gasteiger partial charge in [0.2, 0.25) is 0 Å². The lowest BCUT2D eigenvalue weighted by molar-refractivity contribution is 0.406. The third-order valence-corrected chi connectivity index (χ3v) is 2.59. The fourth-order valence-corrected chi connectivity index (χ4v) is 1.73. The molecule has 0 aliphatic carbocycles. The molecule has 0 unspecified atom stereocenters. The smallest absolute Gasteiger partial charge is 0.154 e. The Balaban J connectivity index is 2.28. The first-order valence-corrected chi connectivity index (χ1v) is 5.60. The van der Waals surface area contributed by atoms with E-state index in [2.05, 4.69) is 29.4 Å². The lowest BCUT2D eigenvalue weighted by Gasteiger charge is -2.10. The Bertz CT molecular complexity index is 493. The molecule has 1 aromatic carbocycles. The second-order valence-corrected chi connectivity index (χ2v) is 4.16. The quantitative estimate of drug-likeness (QED) is 0.807. The first-order chi connectivity index (χ1) is 8.22. The van der Waals surface area contributed by atoms with Gasteiger partial charge in [-0.3, -0.25) is 0 Å². The van der Waals surface area contributed by atoms with Gasteiger partial charge in [0.05, 0.1) is 13.7 Å². The van der Waals surface area contributed by atoms with Crippen LogP contribution in [0.1, 0.15) is 31.2 Å². The summed E-state index contributed by atoms with van der Waals surface area (Å²) in [5.74, 6) is 2.05.